The number of carbonyl (C=O) groups excluding carboxylic acids is 1. The zero-order valence-electron chi connectivity index (χ0n) is 12.3. The fraction of sp³-hybridized carbons (Fsp3) is 0.929. The maximum absolute atomic E-state index is 12.0. The summed E-state index contributed by atoms with van der Waals surface area (Å²) < 4.78 is 10.9. The molecule has 0 aromatic heterocycles. The van der Waals surface area contributed by atoms with Crippen molar-refractivity contribution in [3.63, 3.8) is 0 Å². The minimum absolute atomic E-state index is 0.0663. The minimum Gasteiger partial charge on any atom is -0.388 e. The van der Waals surface area contributed by atoms with Gasteiger partial charge in [0.1, 0.15) is 6.61 Å². The summed E-state index contributed by atoms with van der Waals surface area (Å²) >= 11 is 0. The van der Waals surface area contributed by atoms with Gasteiger partial charge in [-0.2, -0.15) is 0 Å². The molecule has 0 bridgehead atoms. The first kappa shape index (κ1) is 15.7. The molecule has 0 spiro atoms. The number of rotatable bonds is 5. The molecule has 0 aliphatic carbocycles. The minimum atomic E-state index is -0.808. The second kappa shape index (κ2) is 7.36. The van der Waals surface area contributed by atoms with Crippen LogP contribution in [0.1, 0.15) is 25.7 Å². The Kier molecular flexibility index (Phi) is 5.77. The number of likely N-dealkylation sites (N-methyl/N-ethyl adjacent to an activating group) is 1. The molecule has 0 aromatic carbocycles. The Labute approximate surface area is 120 Å². The third-order valence-corrected chi connectivity index (χ3v) is 4.11. The van der Waals surface area contributed by atoms with Gasteiger partial charge in [0.05, 0.1) is 11.7 Å². The van der Waals surface area contributed by atoms with Gasteiger partial charge in [-0.05, 0) is 25.9 Å². The summed E-state index contributed by atoms with van der Waals surface area (Å²) in [6, 6.07) is 0. The lowest BCUT2D eigenvalue weighted by Gasteiger charge is -2.35. The second-order valence-electron chi connectivity index (χ2n) is 5.85. The van der Waals surface area contributed by atoms with Gasteiger partial charge in [0.15, 0.2) is 0 Å². The number of carbonyl (C=O) groups is 1. The molecule has 2 aliphatic rings. The normalized spacial score (nSPS) is 23.5. The topological polar surface area (TPSA) is 71.0 Å². The lowest BCUT2D eigenvalue weighted by Crippen LogP contribution is -2.48. The molecule has 6 heteroatoms. The van der Waals surface area contributed by atoms with Crippen LogP contribution in [-0.4, -0.2) is 74.1 Å². The van der Waals surface area contributed by atoms with Crippen LogP contribution >= 0.6 is 0 Å². The molecule has 2 saturated heterocycles. The van der Waals surface area contributed by atoms with E-state index in [2.05, 4.69) is 5.32 Å². The van der Waals surface area contributed by atoms with Crippen LogP contribution in [0.25, 0.3) is 0 Å². The van der Waals surface area contributed by atoms with Crippen molar-refractivity contribution in [2.45, 2.75) is 37.4 Å². The number of ether oxygens (including phenoxy) is 2. The van der Waals surface area contributed by atoms with Gasteiger partial charge in [-0.1, -0.05) is 0 Å². The largest absolute Gasteiger partial charge is 0.388 e. The third-order valence-electron chi connectivity index (χ3n) is 4.11. The van der Waals surface area contributed by atoms with Crippen molar-refractivity contribution < 1.29 is 19.4 Å². The van der Waals surface area contributed by atoms with E-state index >= 15 is 0 Å². The van der Waals surface area contributed by atoms with E-state index < -0.39 is 5.60 Å². The van der Waals surface area contributed by atoms with Crippen LogP contribution < -0.4 is 5.32 Å². The highest BCUT2D eigenvalue weighted by Crippen LogP contribution is 2.21. The number of nitrogens with zero attached hydrogens (tertiary/aromatic N) is 1. The van der Waals surface area contributed by atoms with Gasteiger partial charge >= 0.3 is 0 Å². The van der Waals surface area contributed by atoms with Gasteiger partial charge < -0.3 is 24.8 Å². The van der Waals surface area contributed by atoms with Crippen molar-refractivity contribution in [2.24, 2.45) is 0 Å². The summed E-state index contributed by atoms with van der Waals surface area (Å²) in [5.74, 6) is -0.0663. The standard InChI is InChI=1S/C14H26N2O4/c1-16(11-14(18)4-8-19-9-5-14)13(17)10-20-12-2-6-15-7-3-12/h12,15,18H,2-11H2,1H3. The Balaban J connectivity index is 1.70. The number of hydrogen-bond donors (Lipinski definition) is 2. The number of piperidine rings is 1. The van der Waals surface area contributed by atoms with Crippen LogP contribution in [0.5, 0.6) is 0 Å². The summed E-state index contributed by atoms with van der Waals surface area (Å²) in [6.07, 6.45) is 3.26. The van der Waals surface area contributed by atoms with Crippen LogP contribution in [0.2, 0.25) is 0 Å². The van der Waals surface area contributed by atoms with Crippen molar-refractivity contribution in [3.8, 4) is 0 Å². The summed E-state index contributed by atoms with van der Waals surface area (Å²) in [5, 5.41) is 13.6. The van der Waals surface area contributed by atoms with E-state index in [1.165, 1.54) is 0 Å². The van der Waals surface area contributed by atoms with Crippen molar-refractivity contribution in [1.29, 1.82) is 0 Å². The van der Waals surface area contributed by atoms with Gasteiger partial charge in [-0.25, -0.2) is 0 Å². The number of aliphatic hydroxyl groups is 1. The zero-order valence-corrected chi connectivity index (χ0v) is 12.3. The highest BCUT2D eigenvalue weighted by molar-refractivity contribution is 5.77. The van der Waals surface area contributed by atoms with Gasteiger partial charge in [-0.3, -0.25) is 4.79 Å². The predicted molar refractivity (Wildman–Crippen MR) is 74.5 cm³/mol. The molecule has 6 nitrogen and oxygen atoms in total. The summed E-state index contributed by atoms with van der Waals surface area (Å²) in [4.78, 5) is 13.6. The lowest BCUT2D eigenvalue weighted by atomic mass is 9.94. The highest BCUT2D eigenvalue weighted by Gasteiger charge is 2.32. The fourth-order valence-corrected chi connectivity index (χ4v) is 2.70. The molecular weight excluding hydrogens is 260 g/mol. The first-order valence-electron chi connectivity index (χ1n) is 7.45. The number of nitrogens with one attached hydrogen (secondary N) is 1. The molecule has 0 atom stereocenters. The molecule has 116 valence electrons. The Morgan fingerprint density at radius 1 is 1.40 bits per heavy atom. The zero-order chi connectivity index (χ0) is 14.4. The van der Waals surface area contributed by atoms with E-state index in [-0.39, 0.29) is 18.6 Å². The average molecular weight is 286 g/mol. The third kappa shape index (κ3) is 4.70. The second-order valence-corrected chi connectivity index (χ2v) is 5.85. The Morgan fingerprint density at radius 3 is 2.70 bits per heavy atom. The van der Waals surface area contributed by atoms with Gasteiger partial charge in [0.2, 0.25) is 5.91 Å². The molecule has 0 aromatic rings. The molecule has 2 N–H and O–H groups in total. The monoisotopic (exact) mass is 286 g/mol. The average Bonchev–Trinajstić information content (AvgIpc) is 2.46. The Morgan fingerprint density at radius 2 is 2.05 bits per heavy atom. The fourth-order valence-electron chi connectivity index (χ4n) is 2.70. The first-order valence-corrected chi connectivity index (χ1v) is 7.45. The van der Waals surface area contributed by atoms with Crippen LogP contribution in [0.15, 0.2) is 0 Å². The van der Waals surface area contributed by atoms with Crippen molar-refractivity contribution in [2.75, 3.05) is 46.5 Å². The van der Waals surface area contributed by atoms with Gasteiger partial charge in [0, 0.05) is 39.6 Å². The first-order chi connectivity index (χ1) is 9.59. The SMILES string of the molecule is CN(CC1(O)CCOCC1)C(=O)COC1CCNCC1. The number of hydrogen-bond acceptors (Lipinski definition) is 5. The highest BCUT2D eigenvalue weighted by atomic mass is 16.5. The van der Waals surface area contributed by atoms with E-state index in [4.69, 9.17) is 9.47 Å². The van der Waals surface area contributed by atoms with Crippen LogP contribution in [0.4, 0.5) is 0 Å². The maximum Gasteiger partial charge on any atom is 0.248 e. The molecule has 2 heterocycles. The quantitative estimate of drug-likeness (QED) is 0.729. The van der Waals surface area contributed by atoms with Crippen molar-refractivity contribution in [3.05, 3.63) is 0 Å². The van der Waals surface area contributed by atoms with Crippen molar-refractivity contribution >= 4 is 5.91 Å². The smallest absolute Gasteiger partial charge is 0.248 e. The molecule has 1 amide bonds. The number of amides is 1. The molecule has 0 unspecified atom stereocenters. The van der Waals surface area contributed by atoms with Crippen LogP contribution in [0, 0.1) is 0 Å². The van der Waals surface area contributed by atoms with E-state index in [9.17, 15) is 9.90 Å². The van der Waals surface area contributed by atoms with Gasteiger partial charge in [0.25, 0.3) is 0 Å². The Bertz CT molecular complexity index is 312. The van der Waals surface area contributed by atoms with E-state index in [0.29, 0.717) is 32.6 Å². The summed E-state index contributed by atoms with van der Waals surface area (Å²) in [6.45, 7) is 3.48. The summed E-state index contributed by atoms with van der Waals surface area (Å²) in [5.41, 5.74) is -0.808. The van der Waals surface area contributed by atoms with Crippen molar-refractivity contribution in [1.82, 2.24) is 10.2 Å². The van der Waals surface area contributed by atoms with Crippen LogP contribution in [-0.2, 0) is 14.3 Å². The maximum atomic E-state index is 12.0. The summed E-state index contributed by atoms with van der Waals surface area (Å²) in [7, 11) is 1.72. The molecule has 20 heavy (non-hydrogen) atoms. The molecule has 0 radical (unpaired) electrons. The van der Waals surface area contributed by atoms with Crippen LogP contribution in [0.3, 0.4) is 0 Å². The van der Waals surface area contributed by atoms with E-state index in [1.807, 2.05) is 0 Å². The molecule has 2 aliphatic heterocycles. The Hall–Kier alpha value is -0.690. The van der Waals surface area contributed by atoms with E-state index in [1.54, 1.807) is 11.9 Å². The van der Waals surface area contributed by atoms with Gasteiger partial charge in [-0.15, -0.1) is 0 Å². The predicted octanol–water partition coefficient (Wildman–Crippen LogP) is -0.245. The molecular formula is C14H26N2O4. The lowest BCUT2D eigenvalue weighted by molar-refractivity contribution is -0.143. The van der Waals surface area contributed by atoms with E-state index in [0.717, 1.165) is 25.9 Å². The molecule has 2 fully saturated rings. The molecule has 2 rings (SSSR count). The molecule has 0 saturated carbocycles.